The fourth-order valence-corrected chi connectivity index (χ4v) is 5.78. The smallest absolute Gasteiger partial charge is 0.408 e. The van der Waals surface area contributed by atoms with E-state index in [9.17, 15) is 24.3 Å². The minimum atomic E-state index is -3.73. The molecular weight excluding hydrogens is 646 g/mol. The number of hydrogen-bond donors (Lipinski definition) is 5. The number of halogens is 3. The number of nitrogens with one attached hydrogen (secondary N) is 4. The van der Waals surface area contributed by atoms with Crippen LogP contribution in [0.5, 0.6) is 0 Å². The van der Waals surface area contributed by atoms with E-state index in [0.29, 0.717) is 18.5 Å². The second-order valence-electron chi connectivity index (χ2n) is 12.1. The van der Waals surface area contributed by atoms with Gasteiger partial charge in [-0.25, -0.2) is 4.79 Å². The first-order chi connectivity index (χ1) is 23.0. The Labute approximate surface area is 281 Å². The minimum Gasteiger partial charge on any atom is -0.434 e. The average molecular weight is 683 g/mol. The number of aliphatic hydroxyl groups excluding tert-OH is 1. The van der Waals surface area contributed by atoms with Crippen LogP contribution in [0.2, 0.25) is 5.02 Å². The third-order valence-electron chi connectivity index (χ3n) is 8.36. The molecule has 3 aromatic carbocycles. The number of alkyl halides is 2. The van der Waals surface area contributed by atoms with Gasteiger partial charge in [0, 0.05) is 35.5 Å². The van der Waals surface area contributed by atoms with Crippen LogP contribution in [-0.2, 0) is 31.5 Å². The Morgan fingerprint density at radius 3 is 2.25 bits per heavy atom. The molecule has 13 heteroatoms. The fourth-order valence-electron chi connectivity index (χ4n) is 5.59. The molecule has 0 bridgehead atoms. The minimum absolute atomic E-state index is 0.00129. The molecule has 5 atom stereocenters. The Morgan fingerprint density at radius 2 is 1.62 bits per heavy atom. The summed E-state index contributed by atoms with van der Waals surface area (Å²) in [5, 5.41) is 21.6. The fraction of sp³-hybridized carbons (Fsp3) is 0.371. The Kier molecular flexibility index (Phi) is 11.3. The molecule has 1 saturated heterocycles. The van der Waals surface area contributed by atoms with Gasteiger partial charge in [-0.05, 0) is 48.9 Å². The van der Waals surface area contributed by atoms with Crippen molar-refractivity contribution >= 4 is 35.4 Å². The van der Waals surface area contributed by atoms with E-state index >= 15 is 8.78 Å². The predicted octanol–water partition coefficient (Wildman–Crippen LogP) is 4.16. The molecule has 0 radical (unpaired) electrons. The van der Waals surface area contributed by atoms with E-state index in [4.69, 9.17) is 16.3 Å². The average Bonchev–Trinajstić information content (AvgIpc) is 3.81. The van der Waals surface area contributed by atoms with Crippen molar-refractivity contribution in [3.8, 4) is 0 Å². The molecule has 2 unspecified atom stereocenters. The van der Waals surface area contributed by atoms with Crippen LogP contribution in [0.3, 0.4) is 0 Å². The lowest BCUT2D eigenvalue weighted by atomic mass is 9.94. The molecule has 1 aliphatic heterocycles. The highest BCUT2D eigenvalue weighted by Gasteiger charge is 2.46. The van der Waals surface area contributed by atoms with Gasteiger partial charge in [0.2, 0.25) is 11.8 Å². The molecule has 1 heterocycles. The van der Waals surface area contributed by atoms with Gasteiger partial charge in [-0.1, -0.05) is 84.4 Å². The molecule has 0 aromatic heterocycles. The lowest BCUT2D eigenvalue weighted by Gasteiger charge is -2.30. The molecule has 2 fully saturated rings. The number of alkyl carbamates (subject to hydrolysis) is 1. The summed E-state index contributed by atoms with van der Waals surface area (Å²) in [4.78, 5) is 52.4. The standard InChI is InChI=1S/C35H37ClF2N4O6/c36-25-13-7-12-24(20-25)35(37,38)30(22-10-5-2-6-11-22)48-34(47)42-28(18-21-8-3-1-4-9-21)32(45)41-27(19-23-16-17-39-31(23)44)29(43)33(46)40-26-14-15-26/h1-13,20,23,26-30,43H,14-19H2,(H,39,44)(H,40,46)(H,41,45)(H,42,47)/t23-,27-,28-,29?,30?/m0/s1. The van der Waals surface area contributed by atoms with E-state index in [1.165, 1.54) is 42.5 Å². The number of carbonyl (C=O) groups excluding carboxylic acids is 4. The van der Waals surface area contributed by atoms with Crippen molar-refractivity contribution in [1.29, 1.82) is 0 Å². The van der Waals surface area contributed by atoms with Crippen LogP contribution in [-0.4, -0.2) is 59.7 Å². The number of hydrogen-bond acceptors (Lipinski definition) is 6. The molecule has 10 nitrogen and oxygen atoms in total. The Bertz CT molecular complexity index is 1590. The second kappa shape index (κ2) is 15.6. The van der Waals surface area contributed by atoms with Crippen molar-refractivity contribution in [3.63, 3.8) is 0 Å². The van der Waals surface area contributed by atoms with Crippen molar-refractivity contribution in [3.05, 3.63) is 107 Å². The molecule has 0 spiro atoms. The predicted molar refractivity (Wildman–Crippen MR) is 173 cm³/mol. The van der Waals surface area contributed by atoms with Gasteiger partial charge < -0.3 is 31.1 Å². The van der Waals surface area contributed by atoms with E-state index < -0.39 is 59.6 Å². The van der Waals surface area contributed by atoms with Gasteiger partial charge in [0.15, 0.2) is 12.2 Å². The van der Waals surface area contributed by atoms with Gasteiger partial charge in [0.05, 0.1) is 6.04 Å². The molecule has 1 aliphatic carbocycles. The highest BCUT2D eigenvalue weighted by atomic mass is 35.5. The topological polar surface area (TPSA) is 146 Å². The van der Waals surface area contributed by atoms with Crippen LogP contribution in [0, 0.1) is 5.92 Å². The van der Waals surface area contributed by atoms with Crippen LogP contribution in [0.4, 0.5) is 13.6 Å². The number of amides is 4. The summed E-state index contributed by atoms with van der Waals surface area (Å²) in [6.45, 7) is 0.418. The molecule has 48 heavy (non-hydrogen) atoms. The van der Waals surface area contributed by atoms with Gasteiger partial charge >= 0.3 is 12.0 Å². The normalized spacial score (nSPS) is 18.5. The summed E-state index contributed by atoms with van der Waals surface area (Å²) in [6.07, 6.45) is -3.23. The van der Waals surface area contributed by atoms with Crippen LogP contribution in [0.15, 0.2) is 84.9 Å². The summed E-state index contributed by atoms with van der Waals surface area (Å²) in [5.74, 6) is -6.06. The second-order valence-corrected chi connectivity index (χ2v) is 12.5. The zero-order chi connectivity index (χ0) is 34.3. The molecular formula is C35H37ClF2N4O6. The lowest BCUT2D eigenvalue weighted by molar-refractivity contribution is -0.134. The van der Waals surface area contributed by atoms with E-state index in [1.54, 1.807) is 36.4 Å². The first-order valence-corrected chi connectivity index (χ1v) is 16.2. The van der Waals surface area contributed by atoms with Crippen LogP contribution in [0.1, 0.15) is 48.5 Å². The summed E-state index contributed by atoms with van der Waals surface area (Å²) in [6, 6.07) is 18.5. The molecule has 3 aromatic rings. The SMILES string of the molecule is O=C(N[C@@H](Cc1ccccc1)C(=O)N[C@@H](C[C@@H]1CCNC1=O)C(O)C(=O)NC1CC1)OC(c1ccccc1)C(F)(F)c1cccc(Cl)c1. The van der Waals surface area contributed by atoms with Crippen LogP contribution in [0.25, 0.3) is 0 Å². The first kappa shape index (κ1) is 34.8. The van der Waals surface area contributed by atoms with Gasteiger partial charge in [-0.2, -0.15) is 8.78 Å². The molecule has 4 amide bonds. The molecule has 254 valence electrons. The van der Waals surface area contributed by atoms with Crippen molar-refractivity contribution in [2.75, 3.05) is 6.54 Å². The third kappa shape index (κ3) is 9.07. The number of ether oxygens (including phenoxy) is 1. The van der Waals surface area contributed by atoms with E-state index in [2.05, 4.69) is 21.3 Å². The summed E-state index contributed by atoms with van der Waals surface area (Å²) < 4.78 is 37.4. The Balaban J connectivity index is 1.38. The van der Waals surface area contributed by atoms with Gasteiger partial charge in [0.1, 0.15) is 6.04 Å². The Hall–Kier alpha value is -4.55. The van der Waals surface area contributed by atoms with E-state index in [1.807, 2.05) is 0 Å². The molecule has 1 saturated carbocycles. The monoisotopic (exact) mass is 682 g/mol. The van der Waals surface area contributed by atoms with Crippen molar-refractivity contribution in [1.82, 2.24) is 21.3 Å². The first-order valence-electron chi connectivity index (χ1n) is 15.8. The Morgan fingerprint density at radius 1 is 0.938 bits per heavy atom. The highest BCUT2D eigenvalue weighted by molar-refractivity contribution is 6.30. The number of benzene rings is 3. The van der Waals surface area contributed by atoms with Crippen molar-refractivity contribution in [2.24, 2.45) is 5.92 Å². The van der Waals surface area contributed by atoms with Gasteiger partial charge in [0.25, 0.3) is 5.91 Å². The molecule has 2 aliphatic rings. The maximum atomic E-state index is 16.0. The van der Waals surface area contributed by atoms with E-state index in [-0.39, 0.29) is 35.4 Å². The van der Waals surface area contributed by atoms with Gasteiger partial charge in [-0.3, -0.25) is 14.4 Å². The number of aliphatic hydroxyl groups is 1. The highest BCUT2D eigenvalue weighted by Crippen LogP contribution is 2.43. The lowest BCUT2D eigenvalue weighted by Crippen LogP contribution is -2.57. The zero-order valence-electron chi connectivity index (χ0n) is 25.9. The largest absolute Gasteiger partial charge is 0.434 e. The number of carbonyl (C=O) groups is 4. The number of rotatable bonds is 14. The quantitative estimate of drug-likeness (QED) is 0.173. The third-order valence-corrected chi connectivity index (χ3v) is 8.59. The van der Waals surface area contributed by atoms with Gasteiger partial charge in [-0.15, -0.1) is 0 Å². The summed E-state index contributed by atoms with van der Waals surface area (Å²) in [5.41, 5.74) is 0.148. The summed E-state index contributed by atoms with van der Waals surface area (Å²) in [7, 11) is 0. The van der Waals surface area contributed by atoms with Crippen LogP contribution < -0.4 is 21.3 Å². The summed E-state index contributed by atoms with van der Waals surface area (Å²) >= 11 is 6.00. The molecule has 5 N–H and O–H groups in total. The van der Waals surface area contributed by atoms with Crippen molar-refractivity contribution in [2.45, 2.75) is 68.4 Å². The van der Waals surface area contributed by atoms with Crippen LogP contribution >= 0.6 is 11.6 Å². The molecule has 5 rings (SSSR count). The van der Waals surface area contributed by atoms with Crippen molar-refractivity contribution < 1.29 is 37.8 Å². The van der Waals surface area contributed by atoms with E-state index in [0.717, 1.165) is 18.9 Å². The maximum absolute atomic E-state index is 16.0. The zero-order valence-corrected chi connectivity index (χ0v) is 26.7. The maximum Gasteiger partial charge on any atom is 0.408 e.